The molecule has 4 rings (SSSR count). The first-order chi connectivity index (χ1) is 16.0. The first kappa shape index (κ1) is 22.2. The lowest BCUT2D eigenvalue weighted by molar-refractivity contribution is 0.0527. The van der Waals surface area contributed by atoms with Crippen molar-refractivity contribution in [2.24, 2.45) is 0 Å². The van der Waals surface area contributed by atoms with E-state index in [0.29, 0.717) is 22.9 Å². The highest BCUT2D eigenvalue weighted by atomic mass is 19.1. The molecule has 2 aromatic carbocycles. The van der Waals surface area contributed by atoms with Crippen LogP contribution in [0.3, 0.4) is 0 Å². The van der Waals surface area contributed by atoms with Gasteiger partial charge in [-0.1, -0.05) is 19.1 Å². The molecule has 168 valence electrons. The minimum Gasteiger partial charge on any atom is -0.462 e. The van der Waals surface area contributed by atoms with Crippen molar-refractivity contribution in [2.45, 2.75) is 27.2 Å². The van der Waals surface area contributed by atoms with Gasteiger partial charge < -0.3 is 10.1 Å². The number of rotatable bonds is 7. The molecule has 0 aliphatic rings. The Hall–Kier alpha value is -4.00. The van der Waals surface area contributed by atoms with Gasteiger partial charge in [-0.25, -0.2) is 18.9 Å². The molecule has 0 spiro atoms. The van der Waals surface area contributed by atoms with Crippen molar-refractivity contribution in [1.82, 2.24) is 14.8 Å². The normalized spacial score (nSPS) is 10.8. The van der Waals surface area contributed by atoms with Crippen LogP contribution in [0, 0.1) is 12.7 Å². The molecule has 1 N–H and O–H groups in total. The molecule has 0 radical (unpaired) electrons. The van der Waals surface area contributed by atoms with Gasteiger partial charge in [0.15, 0.2) is 0 Å². The van der Waals surface area contributed by atoms with E-state index >= 15 is 0 Å². The predicted octanol–water partition coefficient (Wildman–Crippen LogP) is 5.86. The molecule has 2 heterocycles. The van der Waals surface area contributed by atoms with E-state index in [1.54, 1.807) is 42.1 Å². The molecule has 0 unspecified atom stereocenters. The molecule has 0 bridgehead atoms. The number of benzene rings is 2. The van der Waals surface area contributed by atoms with E-state index in [0.717, 1.165) is 23.2 Å². The van der Waals surface area contributed by atoms with Gasteiger partial charge in [0.1, 0.15) is 23.0 Å². The van der Waals surface area contributed by atoms with Crippen LogP contribution in [-0.4, -0.2) is 27.3 Å². The number of halogens is 1. The topological polar surface area (TPSA) is 69.0 Å². The number of esters is 1. The highest BCUT2D eigenvalue weighted by molar-refractivity contribution is 5.95. The minimum atomic E-state index is -0.456. The summed E-state index contributed by atoms with van der Waals surface area (Å²) in [5, 5.41) is 8.07. The molecule has 0 atom stereocenters. The number of nitrogens with one attached hydrogen (secondary N) is 1. The van der Waals surface area contributed by atoms with Crippen LogP contribution in [0.25, 0.3) is 16.9 Å². The van der Waals surface area contributed by atoms with Gasteiger partial charge in [-0.2, -0.15) is 5.10 Å². The molecule has 7 heteroatoms. The second kappa shape index (κ2) is 9.65. The first-order valence-corrected chi connectivity index (χ1v) is 10.8. The molecular weight excluding hydrogens is 419 g/mol. The molecule has 33 heavy (non-hydrogen) atoms. The zero-order valence-corrected chi connectivity index (χ0v) is 18.8. The van der Waals surface area contributed by atoms with Crippen molar-refractivity contribution in [3.05, 3.63) is 89.4 Å². The molecule has 0 amide bonds. The average molecular weight is 445 g/mol. The Bertz CT molecular complexity index is 1280. The lowest BCUT2D eigenvalue weighted by atomic mass is 10.1. The van der Waals surface area contributed by atoms with Crippen molar-refractivity contribution in [3.8, 4) is 16.9 Å². The molecule has 0 aliphatic carbocycles. The molecule has 4 aromatic rings. The Labute approximate surface area is 192 Å². The number of carbonyl (C=O) groups is 1. The number of anilines is 2. The highest BCUT2D eigenvalue weighted by Crippen LogP contribution is 2.29. The van der Waals surface area contributed by atoms with Crippen molar-refractivity contribution in [2.75, 3.05) is 11.9 Å². The van der Waals surface area contributed by atoms with Gasteiger partial charge >= 0.3 is 5.97 Å². The van der Waals surface area contributed by atoms with Crippen LogP contribution in [0.15, 0.2) is 66.9 Å². The Kier molecular flexibility index (Phi) is 6.49. The van der Waals surface area contributed by atoms with E-state index in [1.807, 2.05) is 13.0 Å². The van der Waals surface area contributed by atoms with Gasteiger partial charge in [0.2, 0.25) is 0 Å². The van der Waals surface area contributed by atoms with Gasteiger partial charge in [-0.05, 0) is 73.9 Å². The summed E-state index contributed by atoms with van der Waals surface area (Å²) in [6, 6.07) is 17.6. The number of aromatic nitrogens is 3. The van der Waals surface area contributed by atoms with E-state index in [2.05, 4.69) is 35.4 Å². The maximum atomic E-state index is 13.5. The van der Waals surface area contributed by atoms with E-state index in [1.165, 1.54) is 17.7 Å². The van der Waals surface area contributed by atoms with Crippen molar-refractivity contribution >= 4 is 17.6 Å². The number of hydrogen-bond donors (Lipinski definition) is 1. The summed E-state index contributed by atoms with van der Waals surface area (Å²) in [7, 11) is 0. The van der Waals surface area contributed by atoms with Crippen molar-refractivity contribution < 1.29 is 13.9 Å². The van der Waals surface area contributed by atoms with E-state index in [9.17, 15) is 9.18 Å². The summed E-state index contributed by atoms with van der Waals surface area (Å²) >= 11 is 0. The zero-order valence-electron chi connectivity index (χ0n) is 18.8. The third-order valence-electron chi connectivity index (χ3n) is 5.31. The summed E-state index contributed by atoms with van der Waals surface area (Å²) in [6.07, 6.45) is 2.49. The fourth-order valence-corrected chi connectivity index (χ4v) is 3.52. The number of carbonyl (C=O) groups excluding carboxylic acids is 1. The number of ether oxygens (including phenoxy) is 1. The fraction of sp³-hybridized carbons (Fsp3) is 0.192. The van der Waals surface area contributed by atoms with Crippen LogP contribution < -0.4 is 5.32 Å². The molecule has 0 aliphatic heterocycles. The quantitative estimate of drug-likeness (QED) is 0.361. The smallest absolute Gasteiger partial charge is 0.341 e. The molecule has 0 fully saturated rings. The van der Waals surface area contributed by atoms with Gasteiger partial charge in [0, 0.05) is 17.8 Å². The zero-order chi connectivity index (χ0) is 23.4. The second-order valence-electron chi connectivity index (χ2n) is 7.55. The Morgan fingerprint density at radius 1 is 1.09 bits per heavy atom. The van der Waals surface area contributed by atoms with E-state index < -0.39 is 5.97 Å². The van der Waals surface area contributed by atoms with Gasteiger partial charge in [0.25, 0.3) is 0 Å². The van der Waals surface area contributed by atoms with Crippen LogP contribution in [0.1, 0.15) is 35.3 Å². The summed E-state index contributed by atoms with van der Waals surface area (Å²) < 4.78 is 20.4. The lowest BCUT2D eigenvalue weighted by Gasteiger charge is -2.14. The van der Waals surface area contributed by atoms with Gasteiger partial charge in [-0.3, -0.25) is 0 Å². The van der Waals surface area contributed by atoms with Gasteiger partial charge in [0.05, 0.1) is 18.0 Å². The maximum absolute atomic E-state index is 13.5. The van der Waals surface area contributed by atoms with Crippen LogP contribution in [0.2, 0.25) is 0 Å². The van der Waals surface area contributed by atoms with Crippen LogP contribution in [0.5, 0.6) is 0 Å². The Balaban J connectivity index is 1.84. The number of hydrogen-bond acceptors (Lipinski definition) is 5. The SMILES string of the molecule is CCOC(=O)c1cccnc1Nc1cc(-c2ccc(F)cc2)nn1-c1cc(CC)ccc1C. The van der Waals surface area contributed by atoms with E-state index in [4.69, 9.17) is 9.84 Å². The predicted molar refractivity (Wildman–Crippen MR) is 127 cm³/mol. The summed E-state index contributed by atoms with van der Waals surface area (Å²) in [4.78, 5) is 16.8. The molecule has 0 saturated heterocycles. The molecule has 0 saturated carbocycles. The van der Waals surface area contributed by atoms with Crippen LogP contribution in [-0.2, 0) is 11.2 Å². The molecule has 2 aromatic heterocycles. The highest BCUT2D eigenvalue weighted by Gasteiger charge is 2.18. The summed E-state index contributed by atoms with van der Waals surface area (Å²) in [6.45, 7) is 6.14. The van der Waals surface area contributed by atoms with Crippen molar-refractivity contribution in [1.29, 1.82) is 0 Å². The third-order valence-corrected chi connectivity index (χ3v) is 5.31. The third kappa shape index (κ3) is 4.77. The lowest BCUT2D eigenvalue weighted by Crippen LogP contribution is -2.11. The fourth-order valence-electron chi connectivity index (χ4n) is 3.52. The first-order valence-electron chi connectivity index (χ1n) is 10.8. The van der Waals surface area contributed by atoms with Crippen molar-refractivity contribution in [3.63, 3.8) is 0 Å². The van der Waals surface area contributed by atoms with E-state index in [-0.39, 0.29) is 12.4 Å². The van der Waals surface area contributed by atoms with Gasteiger partial charge in [-0.15, -0.1) is 0 Å². The molecular formula is C26H25FN4O2. The Morgan fingerprint density at radius 3 is 2.61 bits per heavy atom. The minimum absolute atomic E-state index is 0.267. The average Bonchev–Trinajstić information content (AvgIpc) is 3.24. The summed E-state index contributed by atoms with van der Waals surface area (Å²) in [5.74, 6) is 0.222. The second-order valence-corrected chi connectivity index (χ2v) is 7.55. The Morgan fingerprint density at radius 2 is 1.88 bits per heavy atom. The number of aryl methyl sites for hydroxylation is 2. The maximum Gasteiger partial charge on any atom is 0.341 e. The van der Waals surface area contributed by atoms with Crippen LogP contribution in [0.4, 0.5) is 16.0 Å². The summed E-state index contributed by atoms with van der Waals surface area (Å²) in [5.41, 5.74) is 4.87. The largest absolute Gasteiger partial charge is 0.462 e. The standard InChI is InChI=1S/C26H25FN4O2/c1-4-18-9-8-17(3)23(15-18)31-24(16-22(30-31)19-10-12-20(27)13-11-19)29-25-21(7-6-14-28-25)26(32)33-5-2/h6-16H,4-5H2,1-3H3,(H,28,29). The number of nitrogens with zero attached hydrogens (tertiary/aromatic N) is 3. The van der Waals surface area contributed by atoms with Crippen LogP contribution >= 0.6 is 0 Å². The monoisotopic (exact) mass is 444 g/mol. The molecule has 6 nitrogen and oxygen atoms in total. The number of pyridine rings is 1.